The molecule has 0 aromatic heterocycles. The second kappa shape index (κ2) is 5.95. The molecule has 0 radical (unpaired) electrons. The Hall–Kier alpha value is -0.730. The minimum atomic E-state index is 0.434. The van der Waals surface area contributed by atoms with Gasteiger partial charge in [-0.25, -0.2) is 0 Å². The number of hydrogen-bond acceptors (Lipinski definition) is 2. The molecule has 108 valence electrons. The van der Waals surface area contributed by atoms with Crippen molar-refractivity contribution < 1.29 is 0 Å². The summed E-state index contributed by atoms with van der Waals surface area (Å²) in [5.74, 6) is 2.52. The molecule has 0 saturated heterocycles. The van der Waals surface area contributed by atoms with Crippen LogP contribution < -0.4 is 5.32 Å². The molecule has 5 unspecified atom stereocenters. The van der Waals surface area contributed by atoms with E-state index in [1.807, 2.05) is 0 Å². The highest BCUT2D eigenvalue weighted by Crippen LogP contribution is 2.45. The number of benzene rings is 1. The highest BCUT2D eigenvalue weighted by molar-refractivity contribution is 7.98. The number of allylic oxidation sites excluding steroid dienone is 2. The van der Waals surface area contributed by atoms with Crippen LogP contribution in [0, 0.1) is 17.8 Å². The van der Waals surface area contributed by atoms with Gasteiger partial charge in [0.2, 0.25) is 0 Å². The SMILES string of the molecule is CSc1ccc(C(C)NC(C)C2CC3C=CC2C3)cc1. The molecule has 1 N–H and O–H groups in total. The smallest absolute Gasteiger partial charge is 0.0294 e. The third-order valence-corrected chi connectivity index (χ3v) is 5.84. The van der Waals surface area contributed by atoms with Crippen molar-refractivity contribution in [3.05, 3.63) is 42.0 Å². The number of nitrogens with one attached hydrogen (secondary N) is 1. The van der Waals surface area contributed by atoms with Crippen molar-refractivity contribution in [2.45, 2.75) is 43.7 Å². The van der Waals surface area contributed by atoms with E-state index in [0.29, 0.717) is 12.1 Å². The summed E-state index contributed by atoms with van der Waals surface area (Å²) in [6, 6.07) is 10.0. The van der Waals surface area contributed by atoms with Crippen molar-refractivity contribution in [1.82, 2.24) is 5.32 Å². The fraction of sp³-hybridized carbons (Fsp3) is 0.556. The van der Waals surface area contributed by atoms with Crippen LogP contribution in [0.5, 0.6) is 0 Å². The molecule has 1 aromatic carbocycles. The Kier molecular flexibility index (Phi) is 4.23. The average molecular weight is 287 g/mol. The van der Waals surface area contributed by atoms with Crippen molar-refractivity contribution in [3.8, 4) is 0 Å². The van der Waals surface area contributed by atoms with Crippen molar-refractivity contribution >= 4 is 11.8 Å². The molecule has 0 amide bonds. The lowest BCUT2D eigenvalue weighted by molar-refractivity contribution is 0.307. The number of rotatable bonds is 5. The second-order valence-electron chi connectivity index (χ2n) is 6.39. The largest absolute Gasteiger partial charge is 0.307 e. The Labute approximate surface area is 127 Å². The highest BCUT2D eigenvalue weighted by atomic mass is 32.2. The normalized spacial score (nSPS) is 30.6. The van der Waals surface area contributed by atoms with E-state index in [2.05, 4.69) is 61.8 Å². The summed E-state index contributed by atoms with van der Waals surface area (Å²) >= 11 is 1.80. The van der Waals surface area contributed by atoms with Gasteiger partial charge < -0.3 is 5.32 Å². The zero-order valence-electron chi connectivity index (χ0n) is 12.7. The Morgan fingerprint density at radius 1 is 1.10 bits per heavy atom. The molecule has 1 fully saturated rings. The van der Waals surface area contributed by atoms with Crippen LogP contribution in [0.25, 0.3) is 0 Å². The second-order valence-corrected chi connectivity index (χ2v) is 7.27. The maximum absolute atomic E-state index is 3.82. The summed E-state index contributed by atoms with van der Waals surface area (Å²) in [4.78, 5) is 1.34. The Bertz CT molecular complexity index is 479. The van der Waals surface area contributed by atoms with Crippen LogP contribution in [0.15, 0.2) is 41.3 Å². The van der Waals surface area contributed by atoms with Crippen molar-refractivity contribution in [2.24, 2.45) is 17.8 Å². The average Bonchev–Trinajstić information content (AvgIpc) is 3.10. The molecular formula is C18H25NS. The first kappa shape index (κ1) is 14.2. The summed E-state index contributed by atoms with van der Waals surface area (Å²) in [6.45, 7) is 4.65. The number of hydrogen-bond donors (Lipinski definition) is 1. The summed E-state index contributed by atoms with van der Waals surface area (Å²) in [5.41, 5.74) is 1.40. The Balaban J connectivity index is 1.60. The van der Waals surface area contributed by atoms with Crippen LogP contribution >= 0.6 is 11.8 Å². The van der Waals surface area contributed by atoms with Gasteiger partial charge in [-0.1, -0.05) is 24.3 Å². The van der Waals surface area contributed by atoms with Gasteiger partial charge in [0.1, 0.15) is 0 Å². The fourth-order valence-electron chi connectivity index (χ4n) is 3.90. The van der Waals surface area contributed by atoms with Crippen molar-refractivity contribution in [1.29, 1.82) is 0 Å². The Morgan fingerprint density at radius 3 is 2.40 bits per heavy atom. The zero-order chi connectivity index (χ0) is 14.1. The minimum Gasteiger partial charge on any atom is -0.307 e. The first-order valence-corrected chi connectivity index (χ1v) is 8.98. The first-order chi connectivity index (χ1) is 9.67. The van der Waals surface area contributed by atoms with E-state index in [1.54, 1.807) is 11.8 Å². The lowest BCUT2D eigenvalue weighted by Gasteiger charge is -2.29. The predicted octanol–water partition coefficient (Wildman–Crippen LogP) is 4.66. The molecular weight excluding hydrogens is 262 g/mol. The lowest BCUT2D eigenvalue weighted by Crippen LogP contribution is -2.37. The lowest BCUT2D eigenvalue weighted by atomic mass is 9.87. The van der Waals surface area contributed by atoms with Gasteiger partial charge in [-0.15, -0.1) is 11.8 Å². The first-order valence-electron chi connectivity index (χ1n) is 7.75. The highest BCUT2D eigenvalue weighted by Gasteiger charge is 2.38. The van der Waals surface area contributed by atoms with Crippen LogP contribution in [-0.2, 0) is 0 Å². The molecule has 5 atom stereocenters. The molecule has 1 nitrogen and oxygen atoms in total. The van der Waals surface area contributed by atoms with Gasteiger partial charge in [0, 0.05) is 17.0 Å². The van der Waals surface area contributed by atoms with Gasteiger partial charge in [0.25, 0.3) is 0 Å². The summed E-state index contributed by atoms with van der Waals surface area (Å²) < 4.78 is 0. The molecule has 0 aliphatic heterocycles. The van der Waals surface area contributed by atoms with E-state index in [-0.39, 0.29) is 0 Å². The van der Waals surface area contributed by atoms with Gasteiger partial charge in [-0.3, -0.25) is 0 Å². The molecule has 1 saturated carbocycles. The minimum absolute atomic E-state index is 0.434. The van der Waals surface area contributed by atoms with Gasteiger partial charge in [-0.2, -0.15) is 0 Å². The monoisotopic (exact) mass is 287 g/mol. The van der Waals surface area contributed by atoms with Gasteiger partial charge in [0.05, 0.1) is 0 Å². The fourth-order valence-corrected chi connectivity index (χ4v) is 4.31. The van der Waals surface area contributed by atoms with Crippen LogP contribution in [0.1, 0.15) is 38.3 Å². The van der Waals surface area contributed by atoms with Gasteiger partial charge in [0.15, 0.2) is 0 Å². The van der Waals surface area contributed by atoms with E-state index >= 15 is 0 Å². The third-order valence-electron chi connectivity index (χ3n) is 5.10. The molecule has 1 aromatic rings. The Morgan fingerprint density at radius 2 is 1.85 bits per heavy atom. The van der Waals surface area contributed by atoms with Gasteiger partial charge >= 0.3 is 0 Å². The topological polar surface area (TPSA) is 12.0 Å². The molecule has 0 spiro atoms. The van der Waals surface area contributed by atoms with E-state index in [1.165, 1.54) is 23.3 Å². The molecule has 2 aliphatic rings. The maximum atomic E-state index is 3.82. The maximum Gasteiger partial charge on any atom is 0.0294 e. The molecule has 20 heavy (non-hydrogen) atoms. The van der Waals surface area contributed by atoms with E-state index in [0.717, 1.165) is 17.8 Å². The van der Waals surface area contributed by atoms with Crippen molar-refractivity contribution in [2.75, 3.05) is 6.26 Å². The number of thioether (sulfide) groups is 1. The molecule has 0 heterocycles. The van der Waals surface area contributed by atoms with E-state index in [9.17, 15) is 0 Å². The summed E-state index contributed by atoms with van der Waals surface area (Å²) in [6.07, 6.45) is 9.79. The van der Waals surface area contributed by atoms with Crippen LogP contribution in [-0.4, -0.2) is 12.3 Å². The zero-order valence-corrected chi connectivity index (χ0v) is 13.5. The standard InChI is InChI=1S/C18H25NS/c1-12(15-6-8-17(20-3)9-7-15)19-13(2)18-11-14-4-5-16(18)10-14/h4-9,12-14,16,18-19H,10-11H2,1-3H3. The molecule has 2 aliphatic carbocycles. The predicted molar refractivity (Wildman–Crippen MR) is 88.1 cm³/mol. The quantitative estimate of drug-likeness (QED) is 0.624. The van der Waals surface area contributed by atoms with E-state index < -0.39 is 0 Å². The third kappa shape index (κ3) is 2.82. The summed E-state index contributed by atoms with van der Waals surface area (Å²) in [5, 5.41) is 3.82. The van der Waals surface area contributed by atoms with Crippen LogP contribution in [0.3, 0.4) is 0 Å². The molecule has 2 heteroatoms. The van der Waals surface area contributed by atoms with Crippen LogP contribution in [0.4, 0.5) is 0 Å². The van der Waals surface area contributed by atoms with Crippen molar-refractivity contribution in [3.63, 3.8) is 0 Å². The van der Waals surface area contributed by atoms with Crippen LogP contribution in [0.2, 0.25) is 0 Å². The molecule has 3 rings (SSSR count). The summed E-state index contributed by atoms with van der Waals surface area (Å²) in [7, 11) is 0. The molecule has 2 bridgehead atoms. The number of fused-ring (bicyclic) bond motifs is 2. The van der Waals surface area contributed by atoms with E-state index in [4.69, 9.17) is 0 Å². The van der Waals surface area contributed by atoms with Gasteiger partial charge in [-0.05, 0) is 68.4 Å².